The van der Waals surface area contributed by atoms with Gasteiger partial charge >= 0.3 is 0 Å². The number of aromatic nitrogens is 3. The predicted octanol–water partition coefficient (Wildman–Crippen LogP) is 1.99. The van der Waals surface area contributed by atoms with E-state index in [-0.39, 0.29) is 30.3 Å². The van der Waals surface area contributed by atoms with Crippen LogP contribution in [0, 0.1) is 0 Å². The Morgan fingerprint density at radius 3 is 2.67 bits per heavy atom. The van der Waals surface area contributed by atoms with E-state index < -0.39 is 83.7 Å². The minimum Gasteiger partial charge on any atom is -0.393 e. The quantitative estimate of drug-likeness (QED) is 0.653. The molecular weight excluding hydrogens is 463 g/mol. The van der Waals surface area contributed by atoms with Crippen molar-refractivity contribution in [1.82, 2.24) is 18.8 Å². The van der Waals surface area contributed by atoms with Gasteiger partial charge in [-0.15, -0.1) is 0 Å². The first-order valence-corrected chi connectivity index (χ1v) is 12.0. The summed E-state index contributed by atoms with van der Waals surface area (Å²) < 4.78 is 108. The zero-order valence-electron chi connectivity index (χ0n) is 22.5. The highest BCUT2D eigenvalue weighted by Crippen LogP contribution is 2.33. The van der Waals surface area contributed by atoms with Crippen LogP contribution in [-0.2, 0) is 10.0 Å². The van der Waals surface area contributed by atoms with Gasteiger partial charge in [0.05, 0.1) is 24.0 Å². The molecule has 3 atom stereocenters. The summed E-state index contributed by atoms with van der Waals surface area (Å²) in [5.41, 5.74) is -2.98. The molecule has 0 radical (unpaired) electrons. The topological polar surface area (TPSA) is 117 Å². The molecular formula is C20H26F3N5O4S. The maximum atomic E-state index is 14.9. The molecule has 2 N–H and O–H groups in total. The molecule has 2 fully saturated rings. The smallest absolute Gasteiger partial charge is 0.269 e. The van der Waals surface area contributed by atoms with Gasteiger partial charge in [0, 0.05) is 36.2 Å². The molecule has 2 aromatic heterocycles. The first-order valence-electron chi connectivity index (χ1n) is 12.7. The van der Waals surface area contributed by atoms with E-state index in [0.717, 1.165) is 12.5 Å². The van der Waals surface area contributed by atoms with E-state index >= 15 is 0 Å². The summed E-state index contributed by atoms with van der Waals surface area (Å²) in [6, 6.07) is -2.37. The fourth-order valence-electron chi connectivity index (χ4n) is 3.97. The van der Waals surface area contributed by atoms with Gasteiger partial charge in [-0.05, 0) is 38.1 Å². The van der Waals surface area contributed by atoms with E-state index in [4.69, 9.17) is 6.85 Å². The maximum absolute atomic E-state index is 14.9. The number of piperidine rings is 1. The molecule has 1 saturated heterocycles. The van der Waals surface area contributed by atoms with E-state index in [1.807, 2.05) is 0 Å². The van der Waals surface area contributed by atoms with Gasteiger partial charge in [-0.1, -0.05) is 0 Å². The molecule has 1 saturated carbocycles. The van der Waals surface area contributed by atoms with Gasteiger partial charge in [0.15, 0.2) is 0 Å². The Balaban J connectivity index is 1.83. The highest BCUT2D eigenvalue weighted by atomic mass is 32.2. The number of aliphatic hydroxyl groups is 1. The Labute approximate surface area is 195 Å². The zero-order valence-corrected chi connectivity index (χ0v) is 18.3. The standard InChI is InChI=1S/C20H26F3N5O4S/c1-33(31,32)27-6-4-12(5-7-27)25-20-24-10-11-8-14(17(22)23)19(30)28(18(11)26-20)16-9-13(29)2-3-15(16)21/h8,10,12-13,15-17,29H,2-7,9H2,1H3,(H,24,25,26)/t13-,15+,16+/m1/s1/i4D2,5D2,17D. The van der Waals surface area contributed by atoms with Crippen LogP contribution in [-0.4, -0.2) is 70.0 Å². The minimum absolute atomic E-state index is 0.0940. The van der Waals surface area contributed by atoms with Crippen LogP contribution in [0.1, 0.15) is 56.9 Å². The lowest BCUT2D eigenvalue weighted by atomic mass is 9.90. The van der Waals surface area contributed by atoms with Crippen molar-refractivity contribution >= 4 is 27.0 Å². The molecule has 0 spiro atoms. The Kier molecular flexibility index (Phi) is 5.04. The fourth-order valence-corrected chi connectivity index (χ4v) is 4.59. The van der Waals surface area contributed by atoms with Crippen molar-refractivity contribution in [2.75, 3.05) is 24.7 Å². The second-order valence-corrected chi connectivity index (χ2v) is 10.0. The number of aliphatic hydroxyl groups excluding tert-OH is 1. The van der Waals surface area contributed by atoms with E-state index in [2.05, 4.69) is 15.3 Å². The summed E-state index contributed by atoms with van der Waals surface area (Å²) >= 11 is 0. The van der Waals surface area contributed by atoms with Crippen LogP contribution in [0.2, 0.25) is 0 Å². The Morgan fingerprint density at radius 2 is 2.03 bits per heavy atom. The van der Waals surface area contributed by atoms with E-state index in [9.17, 15) is 31.5 Å². The highest BCUT2D eigenvalue weighted by Gasteiger charge is 2.34. The van der Waals surface area contributed by atoms with Crippen molar-refractivity contribution in [1.29, 1.82) is 0 Å². The largest absolute Gasteiger partial charge is 0.393 e. The number of halogens is 3. The average Bonchev–Trinajstić information content (AvgIpc) is 2.76. The van der Waals surface area contributed by atoms with Gasteiger partial charge in [0.1, 0.15) is 13.2 Å². The molecule has 1 aliphatic heterocycles. The molecule has 9 nitrogen and oxygen atoms in total. The number of anilines is 1. The summed E-state index contributed by atoms with van der Waals surface area (Å²) in [5, 5.41) is 12.4. The van der Waals surface area contributed by atoms with Crippen LogP contribution < -0.4 is 10.9 Å². The molecule has 13 heteroatoms. The summed E-state index contributed by atoms with van der Waals surface area (Å²) in [6.45, 7) is -1.35. The average molecular weight is 495 g/mol. The number of nitrogens with zero attached hydrogens (tertiary/aromatic N) is 4. The monoisotopic (exact) mass is 494 g/mol. The van der Waals surface area contributed by atoms with Crippen molar-refractivity contribution < 1.29 is 33.5 Å². The lowest BCUT2D eigenvalue weighted by Crippen LogP contribution is -2.42. The number of pyridine rings is 1. The number of hydrogen-bond donors (Lipinski definition) is 2. The van der Waals surface area contributed by atoms with Crippen LogP contribution in [0.25, 0.3) is 11.0 Å². The predicted molar refractivity (Wildman–Crippen MR) is 116 cm³/mol. The fraction of sp³-hybridized carbons (Fsp3) is 0.650. The highest BCUT2D eigenvalue weighted by molar-refractivity contribution is 7.88. The van der Waals surface area contributed by atoms with Gasteiger partial charge in [-0.25, -0.2) is 30.9 Å². The summed E-state index contributed by atoms with van der Waals surface area (Å²) in [5.74, 6) is -0.423. The first kappa shape index (κ1) is 18.1. The maximum Gasteiger partial charge on any atom is 0.269 e. The third kappa shape index (κ3) is 4.99. The third-order valence-corrected chi connectivity index (χ3v) is 6.90. The summed E-state index contributed by atoms with van der Waals surface area (Å²) in [6.07, 6.45) is -10.5. The molecule has 0 aromatic carbocycles. The Bertz CT molecular complexity index is 1390. The van der Waals surface area contributed by atoms with Crippen molar-refractivity contribution in [3.05, 3.63) is 28.2 Å². The van der Waals surface area contributed by atoms with Crippen molar-refractivity contribution in [2.45, 2.75) is 62.8 Å². The number of sulfonamides is 1. The summed E-state index contributed by atoms with van der Waals surface area (Å²) in [7, 11) is -3.92. The van der Waals surface area contributed by atoms with Crippen LogP contribution in [0.5, 0.6) is 0 Å². The molecule has 2 aliphatic rings. The minimum atomic E-state index is -4.33. The number of nitrogens with one attached hydrogen (secondary N) is 1. The summed E-state index contributed by atoms with van der Waals surface area (Å²) in [4.78, 5) is 21.1. The second kappa shape index (κ2) is 9.18. The van der Waals surface area contributed by atoms with Gasteiger partial charge in [0.25, 0.3) is 12.0 Å². The third-order valence-electron chi connectivity index (χ3n) is 5.70. The molecule has 1 aliphatic carbocycles. The van der Waals surface area contributed by atoms with Crippen LogP contribution >= 0.6 is 0 Å². The second-order valence-electron chi connectivity index (χ2n) is 8.03. The number of alkyl halides is 3. The molecule has 2 aromatic rings. The van der Waals surface area contributed by atoms with Gasteiger partial charge in [-0.3, -0.25) is 9.36 Å². The number of fused-ring (bicyclic) bond motifs is 1. The molecule has 4 rings (SSSR count). The van der Waals surface area contributed by atoms with Crippen LogP contribution in [0.4, 0.5) is 19.1 Å². The zero-order chi connectivity index (χ0) is 28.4. The van der Waals surface area contributed by atoms with E-state index in [1.54, 1.807) is 0 Å². The van der Waals surface area contributed by atoms with E-state index in [0.29, 0.717) is 14.9 Å². The SMILES string of the molecule is [2H]C(F)(F)c1cc2cnc(NC3C([2H])([2H])CN(S(C)(=O)=O)CC3([2H])[2H])nc2n([C@H]2C[C@H](O)CC[C@@H]2F)c1=O. The number of hydrogen-bond acceptors (Lipinski definition) is 7. The molecule has 0 bridgehead atoms. The molecule has 0 unspecified atom stereocenters. The van der Waals surface area contributed by atoms with Gasteiger partial charge in [0.2, 0.25) is 16.0 Å². The Morgan fingerprint density at radius 1 is 1.33 bits per heavy atom. The molecule has 0 amide bonds. The van der Waals surface area contributed by atoms with Gasteiger partial charge < -0.3 is 10.4 Å². The van der Waals surface area contributed by atoms with Crippen molar-refractivity contribution in [3.63, 3.8) is 0 Å². The number of rotatable bonds is 5. The van der Waals surface area contributed by atoms with Crippen LogP contribution in [0.3, 0.4) is 0 Å². The van der Waals surface area contributed by atoms with Crippen molar-refractivity contribution in [3.8, 4) is 0 Å². The first-order chi connectivity index (χ1) is 17.3. The Hall–Kier alpha value is -2.25. The van der Waals surface area contributed by atoms with Crippen LogP contribution in [0.15, 0.2) is 17.1 Å². The lowest BCUT2D eigenvalue weighted by Gasteiger charge is -2.32. The van der Waals surface area contributed by atoms with E-state index in [1.165, 1.54) is 0 Å². The van der Waals surface area contributed by atoms with Gasteiger partial charge in [-0.2, -0.15) is 4.98 Å². The lowest BCUT2D eigenvalue weighted by molar-refractivity contribution is 0.0549. The molecule has 33 heavy (non-hydrogen) atoms. The normalized spacial score (nSPS) is 31.2. The molecule has 3 heterocycles. The molecule has 182 valence electrons. The van der Waals surface area contributed by atoms with Crippen molar-refractivity contribution in [2.24, 2.45) is 0 Å².